The lowest BCUT2D eigenvalue weighted by Crippen LogP contribution is -2.25. The summed E-state index contributed by atoms with van der Waals surface area (Å²) in [6.45, 7) is 1.16. The fourth-order valence-electron chi connectivity index (χ4n) is 2.82. The number of ether oxygens (including phenoxy) is 2. The summed E-state index contributed by atoms with van der Waals surface area (Å²) in [5.41, 5.74) is -0.762. The predicted molar refractivity (Wildman–Crippen MR) is 109 cm³/mol. The summed E-state index contributed by atoms with van der Waals surface area (Å²) in [6, 6.07) is 4.32. The minimum atomic E-state index is -0.915. The molecule has 4 rings (SSSR count). The second-order valence-corrected chi connectivity index (χ2v) is 7.58. The third-order valence-electron chi connectivity index (χ3n) is 4.46. The van der Waals surface area contributed by atoms with Gasteiger partial charge in [-0.3, -0.25) is 4.57 Å². The standard InChI is InChI=1S/C20H14F3N5O4S/c1-10-19(33-17(26-10)18(29)31-2)32-16-15(23)6-11(7-24-16)28-20(30)27(9-25-28)8-12-13(21)4-3-5-14(12)22/h3-7,9H,8H2,1-2H3. The SMILES string of the molecule is COC(=O)c1nc(C)c(Oc2ncc(-n3ncn(Cc4c(F)cccc4F)c3=O)cc2F)s1. The molecule has 3 heterocycles. The second-order valence-electron chi connectivity index (χ2n) is 6.62. The highest BCUT2D eigenvalue weighted by Crippen LogP contribution is 2.32. The van der Waals surface area contributed by atoms with Gasteiger partial charge in [-0.25, -0.2) is 32.7 Å². The predicted octanol–water partition coefficient (Wildman–Crippen LogP) is 3.24. The van der Waals surface area contributed by atoms with E-state index in [0.717, 1.165) is 51.3 Å². The van der Waals surface area contributed by atoms with Crippen LogP contribution in [0.25, 0.3) is 5.69 Å². The quantitative estimate of drug-likeness (QED) is 0.393. The number of methoxy groups -OCH3 is 1. The van der Waals surface area contributed by atoms with Crippen LogP contribution in [0.1, 0.15) is 21.1 Å². The van der Waals surface area contributed by atoms with Crippen molar-refractivity contribution in [3.05, 3.63) is 81.0 Å². The molecule has 0 fully saturated rings. The highest BCUT2D eigenvalue weighted by Gasteiger charge is 2.19. The van der Waals surface area contributed by atoms with Crippen molar-refractivity contribution < 1.29 is 27.4 Å². The molecular formula is C20H14F3N5O4S. The first-order valence-electron chi connectivity index (χ1n) is 9.25. The maximum atomic E-state index is 14.6. The van der Waals surface area contributed by atoms with Crippen LogP contribution in [0.4, 0.5) is 13.2 Å². The Morgan fingerprint density at radius 1 is 1.18 bits per heavy atom. The zero-order valence-corrected chi connectivity index (χ0v) is 17.9. The normalized spacial score (nSPS) is 10.9. The van der Waals surface area contributed by atoms with E-state index >= 15 is 0 Å². The largest absolute Gasteiger partial charge is 0.464 e. The van der Waals surface area contributed by atoms with E-state index in [2.05, 4.69) is 19.8 Å². The summed E-state index contributed by atoms with van der Waals surface area (Å²) in [5.74, 6) is -3.61. The van der Waals surface area contributed by atoms with Crippen LogP contribution in [0.3, 0.4) is 0 Å². The molecule has 0 unspecified atom stereocenters. The molecule has 0 atom stereocenters. The van der Waals surface area contributed by atoms with Crippen LogP contribution in [0.5, 0.6) is 10.9 Å². The Morgan fingerprint density at radius 2 is 1.91 bits per heavy atom. The number of rotatable bonds is 6. The van der Waals surface area contributed by atoms with E-state index in [1.165, 1.54) is 13.2 Å². The molecule has 9 nitrogen and oxygen atoms in total. The van der Waals surface area contributed by atoms with Gasteiger partial charge in [-0.15, -0.1) is 0 Å². The van der Waals surface area contributed by atoms with E-state index in [4.69, 9.17) is 4.74 Å². The van der Waals surface area contributed by atoms with E-state index < -0.39 is 41.5 Å². The Bertz CT molecular complexity index is 1390. The summed E-state index contributed by atoms with van der Waals surface area (Å²) in [4.78, 5) is 32.0. The minimum Gasteiger partial charge on any atom is -0.464 e. The van der Waals surface area contributed by atoms with Crippen LogP contribution in [0.2, 0.25) is 0 Å². The molecule has 0 aliphatic carbocycles. The van der Waals surface area contributed by atoms with Crippen molar-refractivity contribution in [2.45, 2.75) is 13.5 Å². The smallest absolute Gasteiger partial charge is 0.367 e. The Balaban J connectivity index is 1.59. The van der Waals surface area contributed by atoms with Crippen molar-refractivity contribution in [1.29, 1.82) is 0 Å². The number of hydrogen-bond acceptors (Lipinski definition) is 8. The topological polar surface area (TPSA) is 101 Å². The molecule has 0 saturated heterocycles. The van der Waals surface area contributed by atoms with E-state index in [1.807, 2.05) is 0 Å². The number of esters is 1. The number of aryl methyl sites for hydroxylation is 1. The molecule has 1 aromatic carbocycles. The maximum absolute atomic E-state index is 14.6. The Morgan fingerprint density at radius 3 is 2.58 bits per heavy atom. The molecule has 13 heteroatoms. The Labute approximate surface area is 187 Å². The zero-order valence-electron chi connectivity index (χ0n) is 17.1. The third kappa shape index (κ3) is 4.35. The van der Waals surface area contributed by atoms with E-state index in [9.17, 15) is 22.8 Å². The van der Waals surface area contributed by atoms with Gasteiger partial charge in [0.2, 0.25) is 10.1 Å². The van der Waals surface area contributed by atoms with Crippen molar-refractivity contribution in [1.82, 2.24) is 24.3 Å². The zero-order chi connectivity index (χ0) is 23.7. The number of benzene rings is 1. The van der Waals surface area contributed by atoms with Crippen LogP contribution in [0, 0.1) is 24.4 Å². The number of thiazole rings is 1. The van der Waals surface area contributed by atoms with Crippen LogP contribution >= 0.6 is 11.3 Å². The molecule has 0 aliphatic rings. The van der Waals surface area contributed by atoms with E-state index in [0.29, 0.717) is 5.69 Å². The maximum Gasteiger partial charge on any atom is 0.367 e. The summed E-state index contributed by atoms with van der Waals surface area (Å²) in [7, 11) is 1.20. The van der Waals surface area contributed by atoms with Crippen LogP contribution < -0.4 is 10.4 Å². The molecule has 33 heavy (non-hydrogen) atoms. The van der Waals surface area contributed by atoms with Gasteiger partial charge in [0, 0.05) is 11.6 Å². The average molecular weight is 477 g/mol. The minimum absolute atomic E-state index is 0.0328. The molecular weight excluding hydrogens is 463 g/mol. The van der Waals surface area contributed by atoms with Crippen molar-refractivity contribution in [3.63, 3.8) is 0 Å². The van der Waals surface area contributed by atoms with Gasteiger partial charge in [-0.05, 0) is 19.1 Å². The molecule has 0 bridgehead atoms. The molecule has 0 radical (unpaired) electrons. The lowest BCUT2D eigenvalue weighted by atomic mass is 10.2. The van der Waals surface area contributed by atoms with Crippen molar-refractivity contribution in [3.8, 4) is 16.6 Å². The van der Waals surface area contributed by atoms with Gasteiger partial charge in [0.1, 0.15) is 18.0 Å². The van der Waals surface area contributed by atoms with E-state index in [-0.39, 0.29) is 21.3 Å². The lowest BCUT2D eigenvalue weighted by molar-refractivity contribution is 0.0600. The van der Waals surface area contributed by atoms with Gasteiger partial charge in [0.15, 0.2) is 5.82 Å². The monoisotopic (exact) mass is 477 g/mol. The van der Waals surface area contributed by atoms with Gasteiger partial charge in [-0.2, -0.15) is 9.78 Å². The molecule has 3 aromatic heterocycles. The number of carbonyl (C=O) groups excluding carboxylic acids is 1. The van der Waals surface area contributed by atoms with E-state index in [1.54, 1.807) is 6.92 Å². The average Bonchev–Trinajstić information content (AvgIpc) is 3.34. The lowest BCUT2D eigenvalue weighted by Gasteiger charge is -2.06. The second kappa shape index (κ2) is 8.86. The third-order valence-corrected chi connectivity index (χ3v) is 5.48. The molecule has 170 valence electrons. The number of nitrogens with zero attached hydrogens (tertiary/aromatic N) is 5. The van der Waals surface area contributed by atoms with Crippen molar-refractivity contribution in [2.24, 2.45) is 0 Å². The van der Waals surface area contributed by atoms with Crippen LogP contribution in [-0.2, 0) is 11.3 Å². The molecule has 0 saturated carbocycles. The highest BCUT2D eigenvalue weighted by atomic mass is 32.1. The first-order valence-corrected chi connectivity index (χ1v) is 10.1. The number of pyridine rings is 1. The fourth-order valence-corrected chi connectivity index (χ4v) is 3.66. The Kier molecular flexibility index (Phi) is 5.96. The highest BCUT2D eigenvalue weighted by molar-refractivity contribution is 7.15. The summed E-state index contributed by atoms with van der Waals surface area (Å²) in [6.07, 6.45) is 2.21. The number of halogens is 3. The number of aromatic nitrogens is 5. The molecule has 0 amide bonds. The van der Waals surface area contributed by atoms with Gasteiger partial charge in [0.05, 0.1) is 31.2 Å². The van der Waals surface area contributed by atoms with Gasteiger partial charge >= 0.3 is 11.7 Å². The molecule has 0 N–H and O–H groups in total. The first-order chi connectivity index (χ1) is 15.8. The van der Waals surface area contributed by atoms with Gasteiger partial charge in [0.25, 0.3) is 5.88 Å². The van der Waals surface area contributed by atoms with Crippen molar-refractivity contribution in [2.75, 3.05) is 7.11 Å². The summed E-state index contributed by atoms with van der Waals surface area (Å²) in [5, 5.41) is 4.03. The van der Waals surface area contributed by atoms with Crippen LogP contribution in [-0.4, -0.2) is 37.4 Å². The fraction of sp³-hybridized carbons (Fsp3) is 0.150. The molecule has 0 spiro atoms. The van der Waals surface area contributed by atoms with Crippen molar-refractivity contribution >= 4 is 17.3 Å². The van der Waals surface area contributed by atoms with Gasteiger partial charge in [-0.1, -0.05) is 17.4 Å². The number of hydrogen-bond donors (Lipinski definition) is 0. The van der Waals surface area contributed by atoms with Gasteiger partial charge < -0.3 is 9.47 Å². The summed E-state index contributed by atoms with van der Waals surface area (Å²) >= 11 is 0.859. The first kappa shape index (κ1) is 22.2. The van der Waals surface area contributed by atoms with Crippen LogP contribution in [0.15, 0.2) is 41.6 Å². The summed E-state index contributed by atoms with van der Waals surface area (Å²) < 4.78 is 54.2. The number of carbonyl (C=O) groups is 1. The molecule has 4 aromatic rings. The Hall–Kier alpha value is -4.00. The molecule has 0 aliphatic heterocycles.